The zero-order valence-electron chi connectivity index (χ0n) is 13.2. The van der Waals surface area contributed by atoms with Gasteiger partial charge >= 0.3 is 0 Å². The van der Waals surface area contributed by atoms with Crippen molar-refractivity contribution < 1.29 is 24.8 Å². The number of aliphatic hydroxyl groups is 1. The summed E-state index contributed by atoms with van der Waals surface area (Å²) < 4.78 is 11.8. The topological polar surface area (TPSA) is 79.2 Å². The number of hydrogen-bond donors (Lipinski definition) is 3. The predicted molar refractivity (Wildman–Crippen MR) is 82.7 cm³/mol. The average molecular weight is 310 g/mol. The van der Waals surface area contributed by atoms with E-state index in [1.165, 1.54) is 6.07 Å². The van der Waals surface area contributed by atoms with Crippen LogP contribution >= 0.6 is 0 Å². The van der Waals surface area contributed by atoms with E-state index in [2.05, 4.69) is 6.92 Å². The van der Waals surface area contributed by atoms with Gasteiger partial charge in [-0.05, 0) is 44.7 Å². The van der Waals surface area contributed by atoms with Gasteiger partial charge in [0.25, 0.3) is 0 Å². The van der Waals surface area contributed by atoms with E-state index in [1.807, 2.05) is 0 Å². The first kappa shape index (κ1) is 17.1. The van der Waals surface area contributed by atoms with Gasteiger partial charge in [0.1, 0.15) is 0 Å². The molecule has 2 rings (SSSR count). The van der Waals surface area contributed by atoms with Gasteiger partial charge in [-0.2, -0.15) is 0 Å². The lowest BCUT2D eigenvalue weighted by Crippen LogP contribution is -2.33. The van der Waals surface area contributed by atoms with Crippen molar-refractivity contribution in [1.29, 1.82) is 0 Å². The molecule has 3 unspecified atom stereocenters. The van der Waals surface area contributed by atoms with Crippen LogP contribution in [0.3, 0.4) is 0 Å². The third-order valence-corrected chi connectivity index (χ3v) is 4.06. The highest BCUT2D eigenvalue weighted by Crippen LogP contribution is 2.39. The summed E-state index contributed by atoms with van der Waals surface area (Å²) in [6, 6.07) is 4.79. The van der Waals surface area contributed by atoms with E-state index in [4.69, 9.17) is 9.47 Å². The summed E-state index contributed by atoms with van der Waals surface area (Å²) >= 11 is 0. The summed E-state index contributed by atoms with van der Waals surface area (Å²) in [4.78, 5) is 0. The maximum absolute atomic E-state index is 10.0. The zero-order valence-corrected chi connectivity index (χ0v) is 13.2. The molecule has 1 aromatic rings. The monoisotopic (exact) mass is 310 g/mol. The lowest BCUT2D eigenvalue weighted by atomic mass is 10.0. The third-order valence-electron chi connectivity index (χ3n) is 4.06. The van der Waals surface area contributed by atoms with Crippen LogP contribution in [0.5, 0.6) is 11.5 Å². The highest BCUT2D eigenvalue weighted by Gasteiger charge is 2.31. The van der Waals surface area contributed by atoms with Crippen LogP contribution in [0.2, 0.25) is 0 Å². The molecule has 1 aliphatic heterocycles. The SMILES string of the molecule is CCC1CC(CCC[C@H](C)O)OC(c2cccc(O)c2O)O1. The number of para-hydroxylation sites is 1. The molecule has 1 fully saturated rings. The van der Waals surface area contributed by atoms with E-state index < -0.39 is 6.29 Å². The Hall–Kier alpha value is -1.30. The van der Waals surface area contributed by atoms with Gasteiger partial charge in [-0.25, -0.2) is 0 Å². The largest absolute Gasteiger partial charge is 0.504 e. The molecule has 22 heavy (non-hydrogen) atoms. The Morgan fingerprint density at radius 2 is 1.95 bits per heavy atom. The summed E-state index contributed by atoms with van der Waals surface area (Å²) in [7, 11) is 0. The summed E-state index contributed by atoms with van der Waals surface area (Å²) in [6.07, 6.45) is 3.30. The molecular formula is C17H26O5. The van der Waals surface area contributed by atoms with Gasteiger partial charge in [0.05, 0.1) is 23.9 Å². The maximum atomic E-state index is 10.0. The van der Waals surface area contributed by atoms with Crippen LogP contribution in [0.15, 0.2) is 18.2 Å². The first-order valence-electron chi connectivity index (χ1n) is 8.01. The molecule has 124 valence electrons. The number of ether oxygens (including phenoxy) is 2. The van der Waals surface area contributed by atoms with Gasteiger partial charge in [-0.1, -0.05) is 13.0 Å². The van der Waals surface area contributed by atoms with Crippen LogP contribution in [-0.4, -0.2) is 33.6 Å². The fourth-order valence-electron chi connectivity index (χ4n) is 2.76. The van der Waals surface area contributed by atoms with Crippen LogP contribution in [0.4, 0.5) is 0 Å². The highest BCUT2D eigenvalue weighted by atomic mass is 16.7. The summed E-state index contributed by atoms with van der Waals surface area (Å²) in [5.41, 5.74) is 0.457. The summed E-state index contributed by atoms with van der Waals surface area (Å²) in [6.45, 7) is 3.84. The predicted octanol–water partition coefficient (Wildman–Crippen LogP) is 3.23. The van der Waals surface area contributed by atoms with Crippen molar-refractivity contribution in [2.45, 2.75) is 70.6 Å². The van der Waals surface area contributed by atoms with E-state index in [-0.39, 0.29) is 29.8 Å². The molecule has 1 heterocycles. The first-order chi connectivity index (χ1) is 10.5. The quantitative estimate of drug-likeness (QED) is 0.703. The minimum absolute atomic E-state index is 0.0317. The second kappa shape index (κ2) is 7.81. The number of phenols is 2. The number of aliphatic hydroxyl groups excluding tert-OH is 1. The summed E-state index contributed by atoms with van der Waals surface area (Å²) in [5.74, 6) is -0.360. The fraction of sp³-hybridized carbons (Fsp3) is 0.647. The molecule has 0 bridgehead atoms. The second-order valence-corrected chi connectivity index (χ2v) is 5.99. The number of hydrogen-bond acceptors (Lipinski definition) is 5. The standard InChI is InChI=1S/C17H26O5/c1-3-12-10-13(7-4-6-11(2)18)22-17(21-12)14-8-5-9-15(19)16(14)20/h5,8-9,11-13,17-20H,3-4,6-7,10H2,1-2H3/t11-,12?,13?,17?/m0/s1. The molecule has 0 saturated carbocycles. The van der Waals surface area contributed by atoms with Crippen LogP contribution in [-0.2, 0) is 9.47 Å². The molecule has 0 spiro atoms. The Bertz CT molecular complexity index is 474. The Labute approximate surface area is 131 Å². The molecular weight excluding hydrogens is 284 g/mol. The summed E-state index contributed by atoms with van der Waals surface area (Å²) in [5, 5.41) is 29.0. The molecule has 4 atom stereocenters. The van der Waals surface area contributed by atoms with Crippen molar-refractivity contribution in [3.8, 4) is 11.5 Å². The van der Waals surface area contributed by atoms with E-state index in [1.54, 1.807) is 19.1 Å². The molecule has 0 radical (unpaired) electrons. The van der Waals surface area contributed by atoms with Crippen molar-refractivity contribution in [3.63, 3.8) is 0 Å². The minimum atomic E-state index is -0.664. The molecule has 5 nitrogen and oxygen atoms in total. The molecule has 5 heteroatoms. The lowest BCUT2D eigenvalue weighted by molar-refractivity contribution is -0.249. The van der Waals surface area contributed by atoms with Gasteiger partial charge in [0.15, 0.2) is 17.8 Å². The van der Waals surface area contributed by atoms with Crippen LogP contribution < -0.4 is 0 Å². The van der Waals surface area contributed by atoms with Crippen molar-refractivity contribution in [3.05, 3.63) is 23.8 Å². The highest BCUT2D eigenvalue weighted by molar-refractivity contribution is 5.45. The number of rotatable bonds is 6. The maximum Gasteiger partial charge on any atom is 0.188 e. The number of aromatic hydroxyl groups is 2. The number of benzene rings is 1. The average Bonchev–Trinajstić information content (AvgIpc) is 2.49. The van der Waals surface area contributed by atoms with Crippen molar-refractivity contribution in [2.24, 2.45) is 0 Å². The zero-order chi connectivity index (χ0) is 16.1. The van der Waals surface area contributed by atoms with E-state index in [0.29, 0.717) is 5.56 Å². The lowest BCUT2D eigenvalue weighted by Gasteiger charge is -2.36. The van der Waals surface area contributed by atoms with E-state index in [9.17, 15) is 15.3 Å². The molecule has 0 aromatic heterocycles. The molecule has 0 amide bonds. The van der Waals surface area contributed by atoms with Crippen molar-refractivity contribution >= 4 is 0 Å². The Morgan fingerprint density at radius 1 is 1.23 bits per heavy atom. The van der Waals surface area contributed by atoms with Crippen molar-refractivity contribution in [2.75, 3.05) is 0 Å². The number of phenolic OH excluding ortho intramolecular Hbond substituents is 2. The Morgan fingerprint density at radius 3 is 2.64 bits per heavy atom. The van der Waals surface area contributed by atoms with Crippen molar-refractivity contribution in [1.82, 2.24) is 0 Å². The van der Waals surface area contributed by atoms with Gasteiger partial charge in [-0.15, -0.1) is 0 Å². The minimum Gasteiger partial charge on any atom is -0.504 e. The molecule has 1 aromatic carbocycles. The van der Waals surface area contributed by atoms with Gasteiger partial charge in [0.2, 0.25) is 0 Å². The van der Waals surface area contributed by atoms with E-state index >= 15 is 0 Å². The first-order valence-corrected chi connectivity index (χ1v) is 8.01. The smallest absolute Gasteiger partial charge is 0.188 e. The Balaban J connectivity index is 2.05. The normalized spacial score (nSPS) is 26.8. The van der Waals surface area contributed by atoms with Crippen LogP contribution in [0.1, 0.15) is 57.8 Å². The fourth-order valence-corrected chi connectivity index (χ4v) is 2.76. The van der Waals surface area contributed by atoms with Gasteiger partial charge < -0.3 is 24.8 Å². The van der Waals surface area contributed by atoms with Crippen LogP contribution in [0.25, 0.3) is 0 Å². The van der Waals surface area contributed by atoms with Crippen LogP contribution in [0, 0.1) is 0 Å². The second-order valence-electron chi connectivity index (χ2n) is 5.99. The molecule has 3 N–H and O–H groups in total. The van der Waals surface area contributed by atoms with Gasteiger partial charge in [-0.3, -0.25) is 0 Å². The Kier molecular flexibility index (Phi) is 6.06. The molecule has 1 aliphatic rings. The molecule has 1 saturated heterocycles. The van der Waals surface area contributed by atoms with E-state index in [0.717, 1.165) is 32.1 Å². The third kappa shape index (κ3) is 4.35. The van der Waals surface area contributed by atoms with Gasteiger partial charge in [0, 0.05) is 6.42 Å². The molecule has 0 aliphatic carbocycles.